The van der Waals surface area contributed by atoms with Crippen molar-refractivity contribution in [1.82, 2.24) is 0 Å². The van der Waals surface area contributed by atoms with Gasteiger partial charge in [0.05, 0.1) is 0 Å². The van der Waals surface area contributed by atoms with E-state index >= 15 is 0 Å². The number of hydrogen-bond acceptors (Lipinski definition) is 3. The van der Waals surface area contributed by atoms with Crippen molar-refractivity contribution in [1.29, 1.82) is 0 Å². The Bertz CT molecular complexity index is 654. The van der Waals surface area contributed by atoms with Crippen LogP contribution in [0.1, 0.15) is 17.9 Å². The van der Waals surface area contributed by atoms with Crippen LogP contribution in [-0.2, 0) is 4.79 Å². The van der Waals surface area contributed by atoms with Crippen LogP contribution >= 0.6 is 11.8 Å². The van der Waals surface area contributed by atoms with Crippen LogP contribution in [0.2, 0.25) is 0 Å². The fourth-order valence-corrected chi connectivity index (χ4v) is 2.97. The smallest absolute Gasteiger partial charge is 0.228 e. The normalized spacial score (nSPS) is 20.0. The summed E-state index contributed by atoms with van der Waals surface area (Å²) in [6.45, 7) is 0. The van der Waals surface area contributed by atoms with Crippen LogP contribution in [0, 0.1) is 5.92 Å². The molecule has 21 heavy (non-hydrogen) atoms. The summed E-state index contributed by atoms with van der Waals surface area (Å²) in [5.41, 5.74) is 1.97. The zero-order valence-corrected chi connectivity index (χ0v) is 12.6. The van der Waals surface area contributed by atoms with Crippen LogP contribution in [0.5, 0.6) is 5.75 Å². The predicted octanol–water partition coefficient (Wildman–Crippen LogP) is 3.86. The fourth-order valence-electron chi connectivity index (χ4n) is 2.51. The predicted molar refractivity (Wildman–Crippen MR) is 85.8 cm³/mol. The molecule has 3 nitrogen and oxygen atoms in total. The molecule has 2 aromatic rings. The van der Waals surface area contributed by atoms with Gasteiger partial charge in [-0.25, -0.2) is 0 Å². The maximum absolute atomic E-state index is 12.3. The van der Waals surface area contributed by atoms with Crippen LogP contribution in [0.4, 0.5) is 5.69 Å². The molecular weight excluding hydrogens is 282 g/mol. The second-order valence-corrected chi connectivity index (χ2v) is 6.14. The zero-order chi connectivity index (χ0) is 14.8. The molecule has 2 unspecified atom stereocenters. The number of phenolic OH excluding ortho intramolecular Hbond substituents is 1. The van der Waals surface area contributed by atoms with Gasteiger partial charge in [-0.15, -0.1) is 11.8 Å². The molecule has 0 heterocycles. The van der Waals surface area contributed by atoms with Gasteiger partial charge in [-0.1, -0.05) is 18.2 Å². The number of carbonyl (C=O) groups is 1. The van der Waals surface area contributed by atoms with E-state index in [2.05, 4.69) is 5.32 Å². The number of benzene rings is 2. The molecule has 0 spiro atoms. The summed E-state index contributed by atoms with van der Waals surface area (Å²) in [5.74, 6) is 0.641. The zero-order valence-electron chi connectivity index (χ0n) is 11.7. The molecule has 2 aromatic carbocycles. The molecule has 4 heteroatoms. The minimum absolute atomic E-state index is 0.0347. The molecule has 0 aliphatic heterocycles. The molecule has 1 fully saturated rings. The second kappa shape index (κ2) is 5.82. The van der Waals surface area contributed by atoms with Gasteiger partial charge in [0.1, 0.15) is 5.75 Å². The topological polar surface area (TPSA) is 49.3 Å². The molecule has 0 saturated heterocycles. The highest BCUT2D eigenvalue weighted by atomic mass is 32.2. The van der Waals surface area contributed by atoms with E-state index < -0.39 is 0 Å². The van der Waals surface area contributed by atoms with Gasteiger partial charge < -0.3 is 10.4 Å². The molecular formula is C17H17NO2S. The fraction of sp³-hybridized carbons (Fsp3) is 0.235. The summed E-state index contributed by atoms with van der Waals surface area (Å²) < 4.78 is 0. The van der Waals surface area contributed by atoms with Crippen LogP contribution in [0.25, 0.3) is 0 Å². The van der Waals surface area contributed by atoms with Gasteiger partial charge in [0.2, 0.25) is 5.91 Å². The molecule has 2 atom stereocenters. The number of nitrogens with one attached hydrogen (secondary N) is 1. The second-order valence-electron chi connectivity index (χ2n) is 5.26. The molecule has 0 aromatic heterocycles. The van der Waals surface area contributed by atoms with Crippen LogP contribution < -0.4 is 5.32 Å². The van der Waals surface area contributed by atoms with Crippen molar-refractivity contribution in [2.24, 2.45) is 5.92 Å². The number of amides is 1. The van der Waals surface area contributed by atoms with Gasteiger partial charge in [-0.3, -0.25) is 4.79 Å². The Morgan fingerprint density at radius 1 is 1.24 bits per heavy atom. The van der Waals surface area contributed by atoms with E-state index in [0.29, 0.717) is 0 Å². The molecule has 1 aliphatic carbocycles. The van der Waals surface area contributed by atoms with E-state index in [9.17, 15) is 9.90 Å². The third-order valence-electron chi connectivity index (χ3n) is 3.79. The first-order valence-electron chi connectivity index (χ1n) is 6.91. The number of rotatable bonds is 4. The van der Waals surface area contributed by atoms with Gasteiger partial charge in [0.15, 0.2) is 0 Å². The number of aromatic hydroxyl groups is 1. The Morgan fingerprint density at radius 2 is 2.00 bits per heavy atom. The maximum atomic E-state index is 12.3. The first-order valence-corrected chi connectivity index (χ1v) is 8.13. The summed E-state index contributed by atoms with van der Waals surface area (Å²) in [5, 5.41) is 12.3. The van der Waals surface area contributed by atoms with Gasteiger partial charge in [-0.05, 0) is 54.5 Å². The maximum Gasteiger partial charge on any atom is 0.228 e. The number of hydrogen-bond donors (Lipinski definition) is 2. The number of carbonyl (C=O) groups excluding carboxylic acids is 1. The molecule has 2 N–H and O–H groups in total. The molecule has 1 amide bonds. The molecule has 1 aliphatic rings. The highest BCUT2D eigenvalue weighted by molar-refractivity contribution is 7.98. The third kappa shape index (κ3) is 3.22. The molecule has 1 saturated carbocycles. The summed E-state index contributed by atoms with van der Waals surface area (Å²) in [6.07, 6.45) is 2.89. The average molecular weight is 299 g/mol. The van der Waals surface area contributed by atoms with E-state index in [1.165, 1.54) is 0 Å². The molecule has 108 valence electrons. The third-order valence-corrected chi connectivity index (χ3v) is 4.51. The highest BCUT2D eigenvalue weighted by Gasteiger charge is 2.43. The van der Waals surface area contributed by atoms with E-state index in [0.717, 1.165) is 22.6 Å². The van der Waals surface area contributed by atoms with Crippen molar-refractivity contribution in [3.63, 3.8) is 0 Å². The van der Waals surface area contributed by atoms with Crippen molar-refractivity contribution < 1.29 is 9.90 Å². The first-order chi connectivity index (χ1) is 10.2. The first kappa shape index (κ1) is 14.0. The van der Waals surface area contributed by atoms with Crippen molar-refractivity contribution in [3.05, 3.63) is 54.1 Å². The van der Waals surface area contributed by atoms with Crippen molar-refractivity contribution in [3.8, 4) is 5.75 Å². The van der Waals surface area contributed by atoms with Crippen LogP contribution in [0.3, 0.4) is 0 Å². The minimum atomic E-state index is 0.0347. The number of thioether (sulfide) groups is 1. The summed E-state index contributed by atoms with van der Waals surface area (Å²) in [6, 6.07) is 15.0. The molecule has 0 bridgehead atoms. The van der Waals surface area contributed by atoms with Gasteiger partial charge in [0.25, 0.3) is 0 Å². The van der Waals surface area contributed by atoms with Gasteiger partial charge >= 0.3 is 0 Å². The Balaban J connectivity index is 1.63. The summed E-state index contributed by atoms with van der Waals surface area (Å²) in [7, 11) is 0. The Kier molecular flexibility index (Phi) is 3.88. The van der Waals surface area contributed by atoms with Crippen molar-refractivity contribution in [2.75, 3.05) is 11.6 Å². The van der Waals surface area contributed by atoms with E-state index in [4.69, 9.17) is 0 Å². The van der Waals surface area contributed by atoms with Crippen LogP contribution in [0.15, 0.2) is 53.4 Å². The molecule has 0 radical (unpaired) electrons. The standard InChI is InChI=1S/C17H17NO2S/c1-21-14-4-2-3-12(9-14)18-17(20)16-10-15(16)11-5-7-13(19)8-6-11/h2-9,15-16,19H,10H2,1H3,(H,18,20). The van der Waals surface area contributed by atoms with E-state index in [1.807, 2.05) is 42.7 Å². The Morgan fingerprint density at radius 3 is 2.71 bits per heavy atom. The van der Waals surface area contributed by atoms with E-state index in [-0.39, 0.29) is 23.5 Å². The lowest BCUT2D eigenvalue weighted by atomic mass is 10.1. The lowest BCUT2D eigenvalue weighted by molar-refractivity contribution is -0.117. The molecule has 3 rings (SSSR count). The van der Waals surface area contributed by atoms with Crippen molar-refractivity contribution >= 4 is 23.4 Å². The van der Waals surface area contributed by atoms with E-state index in [1.54, 1.807) is 23.9 Å². The number of anilines is 1. The Labute approximate surface area is 128 Å². The van der Waals surface area contributed by atoms with Crippen LogP contribution in [-0.4, -0.2) is 17.3 Å². The van der Waals surface area contributed by atoms with Gasteiger partial charge in [-0.2, -0.15) is 0 Å². The summed E-state index contributed by atoms with van der Waals surface area (Å²) in [4.78, 5) is 13.4. The lowest BCUT2D eigenvalue weighted by Crippen LogP contribution is -2.14. The van der Waals surface area contributed by atoms with Gasteiger partial charge in [0, 0.05) is 16.5 Å². The largest absolute Gasteiger partial charge is 0.508 e. The monoisotopic (exact) mass is 299 g/mol. The lowest BCUT2D eigenvalue weighted by Gasteiger charge is -2.06. The highest BCUT2D eigenvalue weighted by Crippen LogP contribution is 2.48. The quantitative estimate of drug-likeness (QED) is 0.843. The average Bonchev–Trinajstić information content (AvgIpc) is 3.29. The number of phenols is 1. The summed E-state index contributed by atoms with van der Waals surface area (Å²) >= 11 is 1.66. The Hall–Kier alpha value is -1.94. The SMILES string of the molecule is CSc1cccc(NC(=O)C2CC2c2ccc(O)cc2)c1. The minimum Gasteiger partial charge on any atom is -0.508 e. The van der Waals surface area contributed by atoms with Crippen molar-refractivity contribution in [2.45, 2.75) is 17.2 Å².